The van der Waals surface area contributed by atoms with Crippen molar-refractivity contribution in [1.82, 2.24) is 19.9 Å². The van der Waals surface area contributed by atoms with Gasteiger partial charge in [-0.3, -0.25) is 0 Å². The van der Waals surface area contributed by atoms with E-state index in [1.165, 1.54) is 11.3 Å². The van der Waals surface area contributed by atoms with Crippen molar-refractivity contribution in [2.75, 3.05) is 4.90 Å². The minimum atomic E-state index is 0.687. The second-order valence-electron chi connectivity index (χ2n) is 7.64. The van der Waals surface area contributed by atoms with Crippen LogP contribution < -0.4 is 4.90 Å². The summed E-state index contributed by atoms with van der Waals surface area (Å²) >= 11 is 0. The van der Waals surface area contributed by atoms with Crippen molar-refractivity contribution in [2.45, 2.75) is 32.9 Å². The van der Waals surface area contributed by atoms with Crippen molar-refractivity contribution >= 4 is 27.8 Å². The highest BCUT2D eigenvalue weighted by Crippen LogP contribution is 2.26. The molecular formula is C25H25N5. The number of hydrogen-bond donors (Lipinski definition) is 2. The molecule has 2 aromatic heterocycles. The van der Waals surface area contributed by atoms with E-state index in [1.807, 2.05) is 36.4 Å². The Hall–Kier alpha value is -3.60. The molecule has 30 heavy (non-hydrogen) atoms. The molecule has 0 amide bonds. The molecule has 0 unspecified atom stereocenters. The van der Waals surface area contributed by atoms with Crippen LogP contribution in [0.4, 0.5) is 5.69 Å². The van der Waals surface area contributed by atoms with Crippen LogP contribution in [0, 0.1) is 0 Å². The molecule has 5 nitrogen and oxygen atoms in total. The van der Waals surface area contributed by atoms with Gasteiger partial charge in [-0.2, -0.15) is 0 Å². The first kappa shape index (κ1) is 18.4. The van der Waals surface area contributed by atoms with Crippen LogP contribution in [0.15, 0.2) is 72.8 Å². The summed E-state index contributed by atoms with van der Waals surface area (Å²) < 4.78 is 0. The van der Waals surface area contributed by atoms with Crippen molar-refractivity contribution in [3.05, 3.63) is 90.0 Å². The fourth-order valence-electron chi connectivity index (χ4n) is 4.05. The highest BCUT2D eigenvalue weighted by atomic mass is 15.2. The van der Waals surface area contributed by atoms with E-state index in [-0.39, 0.29) is 0 Å². The van der Waals surface area contributed by atoms with Gasteiger partial charge in [0, 0.05) is 5.69 Å². The van der Waals surface area contributed by atoms with E-state index >= 15 is 0 Å². The first-order chi connectivity index (χ1) is 14.8. The molecule has 5 rings (SSSR count). The lowest BCUT2D eigenvalue weighted by Crippen LogP contribution is -2.24. The summed E-state index contributed by atoms with van der Waals surface area (Å²) in [6.07, 6.45) is 2.16. The van der Waals surface area contributed by atoms with Gasteiger partial charge in [-0.1, -0.05) is 55.8 Å². The highest BCUT2D eigenvalue weighted by molar-refractivity contribution is 5.75. The molecule has 150 valence electrons. The van der Waals surface area contributed by atoms with Crippen LogP contribution in [0.3, 0.4) is 0 Å². The number of rotatable bonds is 7. The molecule has 0 fully saturated rings. The van der Waals surface area contributed by atoms with Crippen LogP contribution in [0.2, 0.25) is 0 Å². The molecule has 0 atom stereocenters. The lowest BCUT2D eigenvalue weighted by atomic mass is 10.1. The number of nitrogens with one attached hydrogen (secondary N) is 2. The minimum Gasteiger partial charge on any atom is -0.356 e. The summed E-state index contributed by atoms with van der Waals surface area (Å²) in [5, 5.41) is 0. The number of para-hydroxylation sites is 5. The number of anilines is 1. The predicted octanol–water partition coefficient (Wildman–Crippen LogP) is 5.60. The Morgan fingerprint density at radius 1 is 0.700 bits per heavy atom. The minimum absolute atomic E-state index is 0.687. The number of benzene rings is 3. The number of hydrogen-bond acceptors (Lipinski definition) is 3. The highest BCUT2D eigenvalue weighted by Gasteiger charge is 2.16. The number of aromatic amines is 2. The molecule has 0 bridgehead atoms. The molecule has 0 spiro atoms. The van der Waals surface area contributed by atoms with Gasteiger partial charge >= 0.3 is 0 Å². The van der Waals surface area contributed by atoms with Crippen molar-refractivity contribution in [3.8, 4) is 0 Å². The number of fused-ring (bicyclic) bond motifs is 2. The fraction of sp³-hybridized carbons (Fsp3) is 0.200. The molecule has 0 saturated carbocycles. The van der Waals surface area contributed by atoms with Gasteiger partial charge in [-0.05, 0) is 42.3 Å². The normalized spacial score (nSPS) is 11.4. The van der Waals surface area contributed by atoms with Crippen molar-refractivity contribution < 1.29 is 0 Å². The summed E-state index contributed by atoms with van der Waals surface area (Å²) in [5.41, 5.74) is 6.72. The van der Waals surface area contributed by atoms with Gasteiger partial charge in [0.15, 0.2) is 0 Å². The zero-order chi connectivity index (χ0) is 20.3. The SMILES string of the molecule is CCCc1ccccc1N(Cc1nc2ccccc2[nH]1)Cc1nc2ccccc2[nH]1. The van der Waals surface area contributed by atoms with Crippen molar-refractivity contribution in [1.29, 1.82) is 0 Å². The Morgan fingerprint density at radius 3 is 1.80 bits per heavy atom. The third kappa shape index (κ3) is 3.66. The van der Waals surface area contributed by atoms with E-state index in [2.05, 4.69) is 58.2 Å². The van der Waals surface area contributed by atoms with E-state index in [0.29, 0.717) is 13.1 Å². The van der Waals surface area contributed by atoms with E-state index in [9.17, 15) is 0 Å². The lowest BCUT2D eigenvalue weighted by molar-refractivity contribution is 0.737. The van der Waals surface area contributed by atoms with Crippen LogP contribution in [0.1, 0.15) is 30.6 Å². The van der Waals surface area contributed by atoms with Gasteiger partial charge in [0.05, 0.1) is 35.2 Å². The molecule has 5 aromatic rings. The molecule has 2 N–H and O–H groups in total. The largest absolute Gasteiger partial charge is 0.356 e. The monoisotopic (exact) mass is 395 g/mol. The number of aromatic nitrogens is 4. The maximum atomic E-state index is 4.81. The van der Waals surface area contributed by atoms with Gasteiger partial charge in [-0.25, -0.2) is 9.97 Å². The second kappa shape index (κ2) is 8.03. The average molecular weight is 396 g/mol. The zero-order valence-corrected chi connectivity index (χ0v) is 17.1. The standard InChI is InChI=1S/C25H25N5/c1-2-9-18-10-3-8-15-23(18)30(16-24-26-19-11-4-5-12-20(19)27-24)17-25-28-21-13-6-7-14-22(21)29-25/h3-8,10-15H,2,9,16-17H2,1H3,(H,26,27)(H,28,29). The van der Waals surface area contributed by atoms with Crippen LogP contribution >= 0.6 is 0 Å². The number of imidazole rings is 2. The van der Waals surface area contributed by atoms with Crippen LogP contribution in [-0.2, 0) is 19.5 Å². The van der Waals surface area contributed by atoms with Gasteiger partial charge in [0.2, 0.25) is 0 Å². The fourth-order valence-corrected chi connectivity index (χ4v) is 4.05. The Morgan fingerprint density at radius 2 is 1.23 bits per heavy atom. The van der Waals surface area contributed by atoms with Crippen molar-refractivity contribution in [2.24, 2.45) is 0 Å². The number of nitrogens with zero attached hydrogens (tertiary/aromatic N) is 3. The van der Waals surface area contributed by atoms with Gasteiger partial charge < -0.3 is 14.9 Å². The molecule has 0 aliphatic rings. The predicted molar refractivity (Wildman–Crippen MR) is 123 cm³/mol. The van der Waals surface area contributed by atoms with Gasteiger partial charge in [0.25, 0.3) is 0 Å². The third-order valence-electron chi connectivity index (χ3n) is 5.41. The average Bonchev–Trinajstić information content (AvgIpc) is 3.36. The second-order valence-corrected chi connectivity index (χ2v) is 7.64. The van der Waals surface area contributed by atoms with E-state index in [1.54, 1.807) is 0 Å². The zero-order valence-electron chi connectivity index (χ0n) is 17.1. The summed E-state index contributed by atoms with van der Waals surface area (Å²) in [7, 11) is 0. The molecule has 5 heteroatoms. The first-order valence-corrected chi connectivity index (χ1v) is 10.5. The Labute approximate surface area is 175 Å². The Balaban J connectivity index is 1.52. The van der Waals surface area contributed by atoms with Crippen LogP contribution in [0.25, 0.3) is 22.1 Å². The van der Waals surface area contributed by atoms with E-state index in [0.717, 1.165) is 46.6 Å². The Bertz CT molecular complexity index is 1140. The summed E-state index contributed by atoms with van der Waals surface area (Å²) in [5.74, 6) is 1.91. The molecule has 0 aliphatic heterocycles. The molecular weight excluding hydrogens is 370 g/mol. The molecule has 3 aromatic carbocycles. The third-order valence-corrected chi connectivity index (χ3v) is 5.41. The van der Waals surface area contributed by atoms with Gasteiger partial charge in [-0.15, -0.1) is 0 Å². The van der Waals surface area contributed by atoms with E-state index < -0.39 is 0 Å². The van der Waals surface area contributed by atoms with Crippen LogP contribution in [-0.4, -0.2) is 19.9 Å². The van der Waals surface area contributed by atoms with Gasteiger partial charge in [0.1, 0.15) is 11.6 Å². The maximum absolute atomic E-state index is 4.81. The topological polar surface area (TPSA) is 60.6 Å². The number of H-pyrrole nitrogens is 2. The molecule has 2 heterocycles. The quantitative estimate of drug-likeness (QED) is 0.377. The molecule has 0 saturated heterocycles. The van der Waals surface area contributed by atoms with Crippen LogP contribution in [0.5, 0.6) is 0 Å². The maximum Gasteiger partial charge on any atom is 0.126 e. The first-order valence-electron chi connectivity index (χ1n) is 10.5. The van der Waals surface area contributed by atoms with Crippen molar-refractivity contribution in [3.63, 3.8) is 0 Å². The van der Waals surface area contributed by atoms with E-state index in [4.69, 9.17) is 9.97 Å². The molecule has 0 aliphatic carbocycles. The summed E-state index contributed by atoms with van der Waals surface area (Å²) in [6, 6.07) is 25.0. The lowest BCUT2D eigenvalue weighted by Gasteiger charge is -2.25. The summed E-state index contributed by atoms with van der Waals surface area (Å²) in [6.45, 7) is 3.60. The summed E-state index contributed by atoms with van der Waals surface area (Å²) in [4.78, 5) is 18.9. The number of aryl methyl sites for hydroxylation is 1. The smallest absolute Gasteiger partial charge is 0.126 e. The Kier molecular flexibility index (Phi) is 4.93. The molecule has 0 radical (unpaired) electrons.